The Labute approximate surface area is 124 Å². The summed E-state index contributed by atoms with van der Waals surface area (Å²) in [4.78, 5) is 0. The van der Waals surface area contributed by atoms with Crippen molar-refractivity contribution < 1.29 is 0 Å². The zero-order valence-electron chi connectivity index (χ0n) is 9.95. The number of hydrogen-bond acceptors (Lipinski definition) is 2. The summed E-state index contributed by atoms with van der Waals surface area (Å²) in [6, 6.07) is 11.9. The number of aromatic nitrogens is 2. The molecule has 2 aromatic carbocycles. The molecule has 0 radical (unpaired) electrons. The summed E-state index contributed by atoms with van der Waals surface area (Å²) in [6.45, 7) is 0.671. The Morgan fingerprint density at radius 3 is 3.00 bits per heavy atom. The third kappa shape index (κ3) is 2.60. The average molecular weight is 337 g/mol. The van der Waals surface area contributed by atoms with Gasteiger partial charge in [0.1, 0.15) is 0 Å². The van der Waals surface area contributed by atoms with Crippen LogP contribution in [0.3, 0.4) is 0 Å². The number of aromatic amines is 1. The molecule has 3 nitrogen and oxygen atoms in total. The maximum atomic E-state index is 6.20. The van der Waals surface area contributed by atoms with Gasteiger partial charge in [-0.15, -0.1) is 0 Å². The van der Waals surface area contributed by atoms with Crippen molar-refractivity contribution in [3.05, 3.63) is 57.7 Å². The number of hydrogen-bond donors (Lipinski definition) is 2. The number of nitrogens with one attached hydrogen (secondary N) is 2. The molecule has 0 saturated heterocycles. The zero-order chi connectivity index (χ0) is 13.2. The van der Waals surface area contributed by atoms with Crippen LogP contribution >= 0.6 is 27.5 Å². The second-order valence-corrected chi connectivity index (χ2v) is 5.55. The Kier molecular flexibility index (Phi) is 3.44. The molecule has 0 fully saturated rings. The normalized spacial score (nSPS) is 10.8. The monoisotopic (exact) mass is 335 g/mol. The first-order chi connectivity index (χ1) is 9.24. The van der Waals surface area contributed by atoms with E-state index in [2.05, 4.69) is 31.4 Å². The molecule has 1 aromatic heterocycles. The van der Waals surface area contributed by atoms with E-state index >= 15 is 0 Å². The quantitative estimate of drug-likeness (QED) is 0.734. The first kappa shape index (κ1) is 12.5. The summed E-state index contributed by atoms with van der Waals surface area (Å²) >= 11 is 9.60. The summed E-state index contributed by atoms with van der Waals surface area (Å²) in [7, 11) is 0. The van der Waals surface area contributed by atoms with E-state index in [9.17, 15) is 0 Å². The summed E-state index contributed by atoms with van der Waals surface area (Å²) in [5, 5.41) is 12.3. The Morgan fingerprint density at radius 2 is 2.16 bits per heavy atom. The van der Waals surface area contributed by atoms with Gasteiger partial charge in [-0.3, -0.25) is 5.10 Å². The molecular formula is C14H11BrClN3. The zero-order valence-corrected chi connectivity index (χ0v) is 12.3. The van der Waals surface area contributed by atoms with Gasteiger partial charge in [-0.25, -0.2) is 0 Å². The number of rotatable bonds is 3. The van der Waals surface area contributed by atoms with Crippen LogP contribution in [0, 0.1) is 0 Å². The Balaban J connectivity index is 1.84. The first-order valence-corrected chi connectivity index (χ1v) is 7.01. The van der Waals surface area contributed by atoms with E-state index in [-0.39, 0.29) is 0 Å². The van der Waals surface area contributed by atoms with Crippen LogP contribution in [0.1, 0.15) is 5.56 Å². The van der Waals surface area contributed by atoms with Crippen molar-refractivity contribution in [3.63, 3.8) is 0 Å². The highest BCUT2D eigenvalue weighted by Crippen LogP contribution is 2.24. The number of halogens is 2. The van der Waals surface area contributed by atoms with Gasteiger partial charge in [-0.05, 0) is 23.8 Å². The van der Waals surface area contributed by atoms with Gasteiger partial charge < -0.3 is 5.32 Å². The van der Waals surface area contributed by atoms with Gasteiger partial charge in [-0.1, -0.05) is 45.7 Å². The first-order valence-electron chi connectivity index (χ1n) is 5.84. The van der Waals surface area contributed by atoms with E-state index in [1.807, 2.05) is 42.6 Å². The molecule has 5 heteroatoms. The Morgan fingerprint density at radius 1 is 1.26 bits per heavy atom. The fraction of sp³-hybridized carbons (Fsp3) is 0.0714. The van der Waals surface area contributed by atoms with Gasteiger partial charge in [-0.2, -0.15) is 5.10 Å². The lowest BCUT2D eigenvalue weighted by Gasteiger charge is -2.09. The van der Waals surface area contributed by atoms with E-state index in [0.29, 0.717) is 6.54 Å². The van der Waals surface area contributed by atoms with E-state index in [0.717, 1.165) is 31.6 Å². The van der Waals surface area contributed by atoms with Gasteiger partial charge in [0.15, 0.2) is 0 Å². The van der Waals surface area contributed by atoms with E-state index in [1.165, 1.54) is 0 Å². The molecule has 3 aromatic rings. The minimum atomic E-state index is 0.671. The number of para-hydroxylation sites is 1. The van der Waals surface area contributed by atoms with Crippen LogP contribution in [0.5, 0.6) is 0 Å². The number of nitrogens with zero attached hydrogens (tertiary/aromatic N) is 1. The molecule has 0 atom stereocenters. The molecular weight excluding hydrogens is 326 g/mol. The van der Waals surface area contributed by atoms with Crippen LogP contribution in [-0.4, -0.2) is 10.2 Å². The molecule has 0 spiro atoms. The topological polar surface area (TPSA) is 40.7 Å². The number of fused-ring (bicyclic) bond motifs is 1. The summed E-state index contributed by atoms with van der Waals surface area (Å²) < 4.78 is 0.983. The van der Waals surface area contributed by atoms with Crippen LogP contribution in [0.4, 0.5) is 5.69 Å². The number of anilines is 1. The largest absolute Gasteiger partial charge is 0.379 e. The third-order valence-corrected chi connectivity index (χ3v) is 3.81. The molecule has 0 amide bonds. The highest BCUT2D eigenvalue weighted by molar-refractivity contribution is 9.10. The van der Waals surface area contributed by atoms with Crippen LogP contribution in [0.25, 0.3) is 10.9 Å². The molecule has 2 N–H and O–H groups in total. The molecule has 0 aliphatic carbocycles. The second kappa shape index (κ2) is 5.23. The van der Waals surface area contributed by atoms with Crippen LogP contribution in [-0.2, 0) is 6.54 Å². The van der Waals surface area contributed by atoms with Crippen LogP contribution < -0.4 is 5.32 Å². The van der Waals surface area contributed by atoms with E-state index in [4.69, 9.17) is 11.6 Å². The minimum absolute atomic E-state index is 0.671. The van der Waals surface area contributed by atoms with Crippen molar-refractivity contribution in [1.82, 2.24) is 10.2 Å². The number of H-pyrrole nitrogens is 1. The standard InChI is InChI=1S/C14H11BrClN3/c15-11-5-4-9(12(16)6-11)7-17-13-3-1-2-10-8-18-19-14(10)13/h1-6,8,17H,7H2,(H,18,19). The van der Waals surface area contributed by atoms with E-state index < -0.39 is 0 Å². The molecule has 96 valence electrons. The second-order valence-electron chi connectivity index (χ2n) is 4.23. The predicted molar refractivity (Wildman–Crippen MR) is 82.6 cm³/mol. The SMILES string of the molecule is Clc1cc(Br)ccc1CNc1cccc2cn[nH]c12. The molecule has 19 heavy (non-hydrogen) atoms. The number of benzene rings is 2. The van der Waals surface area contributed by atoms with Crippen molar-refractivity contribution in [2.24, 2.45) is 0 Å². The van der Waals surface area contributed by atoms with Crippen LogP contribution in [0.2, 0.25) is 5.02 Å². The van der Waals surface area contributed by atoms with Crippen molar-refractivity contribution in [1.29, 1.82) is 0 Å². The maximum absolute atomic E-state index is 6.20. The predicted octanol–water partition coefficient (Wildman–Crippen LogP) is 4.59. The maximum Gasteiger partial charge on any atom is 0.0881 e. The van der Waals surface area contributed by atoms with Crippen molar-refractivity contribution in [2.45, 2.75) is 6.54 Å². The minimum Gasteiger partial charge on any atom is -0.379 e. The Bertz CT molecular complexity index is 724. The van der Waals surface area contributed by atoms with Crippen LogP contribution in [0.15, 0.2) is 47.1 Å². The van der Waals surface area contributed by atoms with Crippen molar-refractivity contribution in [2.75, 3.05) is 5.32 Å². The highest BCUT2D eigenvalue weighted by Gasteiger charge is 2.04. The summed E-state index contributed by atoms with van der Waals surface area (Å²) in [5.74, 6) is 0. The molecule has 0 saturated carbocycles. The summed E-state index contributed by atoms with van der Waals surface area (Å²) in [6.07, 6.45) is 1.81. The highest BCUT2D eigenvalue weighted by atomic mass is 79.9. The lowest BCUT2D eigenvalue weighted by molar-refractivity contribution is 1.11. The van der Waals surface area contributed by atoms with Gasteiger partial charge >= 0.3 is 0 Å². The molecule has 0 bridgehead atoms. The summed E-state index contributed by atoms with van der Waals surface area (Å²) in [5.41, 5.74) is 3.09. The van der Waals surface area contributed by atoms with Crippen molar-refractivity contribution >= 4 is 44.1 Å². The molecule has 1 heterocycles. The van der Waals surface area contributed by atoms with Gasteiger partial charge in [0.25, 0.3) is 0 Å². The van der Waals surface area contributed by atoms with Gasteiger partial charge in [0, 0.05) is 21.4 Å². The Hall–Kier alpha value is -1.52. The smallest absolute Gasteiger partial charge is 0.0881 e. The molecule has 0 aliphatic rings. The van der Waals surface area contributed by atoms with Gasteiger partial charge in [0.2, 0.25) is 0 Å². The van der Waals surface area contributed by atoms with Gasteiger partial charge in [0.05, 0.1) is 17.4 Å². The lowest BCUT2D eigenvalue weighted by atomic mass is 10.2. The molecule has 0 aliphatic heterocycles. The lowest BCUT2D eigenvalue weighted by Crippen LogP contribution is -2.00. The molecule has 0 unspecified atom stereocenters. The average Bonchev–Trinajstić information content (AvgIpc) is 2.86. The van der Waals surface area contributed by atoms with E-state index in [1.54, 1.807) is 0 Å². The van der Waals surface area contributed by atoms with Crippen molar-refractivity contribution in [3.8, 4) is 0 Å². The fourth-order valence-corrected chi connectivity index (χ4v) is 2.71. The third-order valence-electron chi connectivity index (χ3n) is 2.96. The fourth-order valence-electron chi connectivity index (χ4n) is 1.97. The molecule has 3 rings (SSSR count).